The van der Waals surface area contributed by atoms with Gasteiger partial charge in [0, 0.05) is 12.6 Å². The molecule has 0 saturated carbocycles. The molecule has 1 aromatic rings. The Kier molecular flexibility index (Phi) is 3.56. The van der Waals surface area contributed by atoms with E-state index in [0.29, 0.717) is 12.2 Å². The van der Waals surface area contributed by atoms with Crippen LogP contribution in [0, 0.1) is 16.0 Å². The Morgan fingerprint density at radius 1 is 1.55 bits per heavy atom. The van der Waals surface area contributed by atoms with Crippen LogP contribution in [0.1, 0.15) is 31.3 Å². The molecule has 0 radical (unpaired) electrons. The van der Waals surface area contributed by atoms with Crippen molar-refractivity contribution in [2.75, 3.05) is 13.1 Å². The van der Waals surface area contributed by atoms with Crippen LogP contribution in [0.4, 0.5) is 5.69 Å². The normalized spacial score (nSPS) is 17.1. The second kappa shape index (κ2) is 4.90. The highest BCUT2D eigenvalue weighted by Gasteiger charge is 2.46. The van der Waals surface area contributed by atoms with E-state index in [1.807, 2.05) is 20.8 Å². The van der Waals surface area contributed by atoms with E-state index in [9.17, 15) is 20.0 Å². The van der Waals surface area contributed by atoms with E-state index in [2.05, 4.69) is 0 Å². The number of rotatable bonds is 4. The molecule has 1 fully saturated rings. The van der Waals surface area contributed by atoms with E-state index in [-0.39, 0.29) is 30.6 Å². The van der Waals surface area contributed by atoms with Crippen molar-refractivity contribution in [1.82, 2.24) is 9.47 Å². The Morgan fingerprint density at radius 3 is 2.60 bits per heavy atom. The number of aliphatic hydroxyl groups is 1. The number of amides is 1. The largest absolute Gasteiger partial charge is 0.386 e. The average Bonchev–Trinajstić information content (AvgIpc) is 2.78. The van der Waals surface area contributed by atoms with Crippen LogP contribution in [0.5, 0.6) is 0 Å². The molecule has 1 aromatic heterocycles. The van der Waals surface area contributed by atoms with E-state index < -0.39 is 10.5 Å². The molecule has 2 rings (SSSR count). The Labute approximate surface area is 116 Å². The molecule has 0 aromatic carbocycles. The maximum absolute atomic E-state index is 12.3. The fourth-order valence-corrected chi connectivity index (χ4v) is 2.32. The Bertz CT molecular complexity index is 544. The van der Waals surface area contributed by atoms with Gasteiger partial charge in [0.1, 0.15) is 11.3 Å². The number of β-amino-alcohol motifs (C(OH)–C–C–N with tert-alkyl or cyclic N) is 1. The van der Waals surface area contributed by atoms with Crippen LogP contribution in [0.2, 0.25) is 0 Å². The van der Waals surface area contributed by atoms with Gasteiger partial charge in [-0.25, -0.2) is 0 Å². The van der Waals surface area contributed by atoms with Gasteiger partial charge in [0.25, 0.3) is 11.6 Å². The first kappa shape index (κ1) is 14.5. The van der Waals surface area contributed by atoms with Crippen molar-refractivity contribution in [2.45, 2.75) is 32.9 Å². The summed E-state index contributed by atoms with van der Waals surface area (Å²) in [5.41, 5.74) is -0.634. The molecular formula is C13H19N3O4. The number of aromatic nitrogens is 1. The zero-order valence-corrected chi connectivity index (χ0v) is 11.9. The number of hydrogen-bond donors (Lipinski definition) is 1. The van der Waals surface area contributed by atoms with Gasteiger partial charge in [-0.1, -0.05) is 13.8 Å². The average molecular weight is 281 g/mol. The van der Waals surface area contributed by atoms with Gasteiger partial charge < -0.3 is 14.6 Å². The van der Waals surface area contributed by atoms with Crippen molar-refractivity contribution < 1.29 is 14.8 Å². The van der Waals surface area contributed by atoms with Crippen molar-refractivity contribution in [3.05, 3.63) is 28.1 Å². The third-order valence-electron chi connectivity index (χ3n) is 3.94. The van der Waals surface area contributed by atoms with Crippen molar-refractivity contribution in [3.8, 4) is 0 Å². The Balaban J connectivity index is 2.17. The van der Waals surface area contributed by atoms with E-state index in [1.165, 1.54) is 17.2 Å². The maximum atomic E-state index is 12.3. The highest BCUT2D eigenvalue weighted by atomic mass is 16.6. The van der Waals surface area contributed by atoms with Gasteiger partial charge in [-0.3, -0.25) is 14.9 Å². The molecule has 1 aliphatic rings. The topological polar surface area (TPSA) is 88.6 Å². The van der Waals surface area contributed by atoms with Gasteiger partial charge in [0.15, 0.2) is 0 Å². The number of likely N-dealkylation sites (tertiary alicyclic amines) is 1. The zero-order valence-electron chi connectivity index (χ0n) is 11.9. The van der Waals surface area contributed by atoms with Gasteiger partial charge in [0.05, 0.1) is 24.2 Å². The fraction of sp³-hybridized carbons (Fsp3) is 0.615. The van der Waals surface area contributed by atoms with E-state index in [0.717, 1.165) is 0 Å². The van der Waals surface area contributed by atoms with Gasteiger partial charge in [-0.05, 0) is 12.8 Å². The van der Waals surface area contributed by atoms with Crippen LogP contribution in [0.3, 0.4) is 0 Å². The van der Waals surface area contributed by atoms with Crippen molar-refractivity contribution >= 4 is 11.6 Å². The number of carbonyl (C=O) groups excluding carboxylic acids is 1. The van der Waals surface area contributed by atoms with Gasteiger partial charge in [0.2, 0.25) is 0 Å². The van der Waals surface area contributed by atoms with Crippen LogP contribution in [0.25, 0.3) is 0 Å². The summed E-state index contributed by atoms with van der Waals surface area (Å²) < 4.78 is 1.56. The number of carbonyl (C=O) groups is 1. The van der Waals surface area contributed by atoms with Crippen LogP contribution in [-0.4, -0.2) is 44.1 Å². The third kappa shape index (κ3) is 2.29. The van der Waals surface area contributed by atoms with E-state index >= 15 is 0 Å². The quantitative estimate of drug-likeness (QED) is 0.664. The summed E-state index contributed by atoms with van der Waals surface area (Å²) in [5.74, 6) is -0.205. The number of aryl methyl sites for hydroxylation is 1. The molecule has 20 heavy (non-hydrogen) atoms. The Morgan fingerprint density at radius 2 is 2.15 bits per heavy atom. The lowest BCUT2D eigenvalue weighted by Gasteiger charge is -2.48. The zero-order chi connectivity index (χ0) is 15.1. The molecule has 0 unspecified atom stereocenters. The lowest BCUT2D eigenvalue weighted by molar-refractivity contribution is -0.384. The first-order valence-electron chi connectivity index (χ1n) is 6.64. The minimum atomic E-state index is -0.842. The molecule has 1 amide bonds. The lowest BCUT2D eigenvalue weighted by atomic mass is 9.83. The third-order valence-corrected chi connectivity index (χ3v) is 3.94. The molecule has 1 aliphatic heterocycles. The summed E-state index contributed by atoms with van der Waals surface area (Å²) in [6, 6.07) is 1.29. The van der Waals surface area contributed by atoms with Crippen molar-refractivity contribution in [2.24, 2.45) is 5.92 Å². The molecular weight excluding hydrogens is 262 g/mol. The highest BCUT2D eigenvalue weighted by Crippen LogP contribution is 2.30. The molecule has 0 atom stereocenters. The van der Waals surface area contributed by atoms with E-state index in [4.69, 9.17) is 0 Å². The SMILES string of the molecule is CCn1cc([N+](=O)[O-])cc1C(=O)N1CC(O)(C(C)C)C1. The molecule has 2 heterocycles. The van der Waals surface area contributed by atoms with Crippen LogP contribution in [-0.2, 0) is 6.54 Å². The number of nitro groups is 1. The molecule has 7 nitrogen and oxygen atoms in total. The minimum Gasteiger partial charge on any atom is -0.386 e. The summed E-state index contributed by atoms with van der Waals surface area (Å²) in [7, 11) is 0. The summed E-state index contributed by atoms with van der Waals surface area (Å²) in [6.07, 6.45) is 1.36. The summed E-state index contributed by atoms with van der Waals surface area (Å²) >= 11 is 0. The van der Waals surface area contributed by atoms with Gasteiger partial charge in [-0.15, -0.1) is 0 Å². The predicted octanol–water partition coefficient (Wildman–Crippen LogP) is 1.26. The van der Waals surface area contributed by atoms with Gasteiger partial charge >= 0.3 is 0 Å². The molecule has 0 aliphatic carbocycles. The van der Waals surface area contributed by atoms with Gasteiger partial charge in [-0.2, -0.15) is 0 Å². The van der Waals surface area contributed by atoms with Crippen LogP contribution in [0.15, 0.2) is 12.3 Å². The standard InChI is InChI=1S/C13H19N3O4/c1-4-14-6-10(16(19)20)5-11(14)12(17)15-7-13(18,8-15)9(2)3/h5-6,9,18H,4,7-8H2,1-3H3. The second-order valence-electron chi connectivity index (χ2n) is 5.55. The summed E-state index contributed by atoms with van der Waals surface area (Å²) in [4.78, 5) is 24.1. The lowest BCUT2D eigenvalue weighted by Crippen LogP contribution is -2.66. The summed E-state index contributed by atoms with van der Waals surface area (Å²) in [5, 5.41) is 20.9. The molecule has 1 saturated heterocycles. The Hall–Kier alpha value is -1.89. The summed E-state index contributed by atoms with van der Waals surface area (Å²) in [6.45, 7) is 6.65. The number of nitrogens with zero attached hydrogens (tertiary/aromatic N) is 3. The van der Waals surface area contributed by atoms with Crippen LogP contribution >= 0.6 is 0 Å². The highest BCUT2D eigenvalue weighted by molar-refractivity contribution is 5.94. The fourth-order valence-electron chi connectivity index (χ4n) is 2.32. The second-order valence-corrected chi connectivity index (χ2v) is 5.55. The first-order valence-corrected chi connectivity index (χ1v) is 6.64. The van der Waals surface area contributed by atoms with Crippen molar-refractivity contribution in [3.63, 3.8) is 0 Å². The molecule has 7 heteroatoms. The predicted molar refractivity (Wildman–Crippen MR) is 72.5 cm³/mol. The number of hydrogen-bond acceptors (Lipinski definition) is 4. The smallest absolute Gasteiger partial charge is 0.287 e. The minimum absolute atomic E-state index is 0.0684. The molecule has 1 N–H and O–H groups in total. The molecule has 110 valence electrons. The first-order chi connectivity index (χ1) is 9.28. The molecule has 0 bridgehead atoms. The monoisotopic (exact) mass is 281 g/mol. The van der Waals surface area contributed by atoms with Crippen molar-refractivity contribution in [1.29, 1.82) is 0 Å². The maximum Gasteiger partial charge on any atom is 0.287 e. The van der Waals surface area contributed by atoms with E-state index in [1.54, 1.807) is 4.57 Å². The van der Waals surface area contributed by atoms with Crippen LogP contribution < -0.4 is 0 Å². The molecule has 0 spiro atoms.